The first-order valence-corrected chi connectivity index (χ1v) is 4.95. The minimum Gasteiger partial charge on any atom is -0.323 e. The van der Waals surface area contributed by atoms with Crippen LogP contribution < -0.4 is 5.32 Å². The van der Waals surface area contributed by atoms with Crippen LogP contribution in [0.3, 0.4) is 0 Å². The standard InChI is InChI=1S/C11H11NOS/c1-2-3-9-12-11(13)14-10-7-5-4-6-8-10/h2-9H,1H2,(H,12,13)/b9-3-. The molecule has 1 N–H and O–H groups in total. The second-order valence-electron chi connectivity index (χ2n) is 2.44. The van der Waals surface area contributed by atoms with E-state index in [0.29, 0.717) is 0 Å². The number of rotatable bonds is 3. The van der Waals surface area contributed by atoms with Crippen molar-refractivity contribution in [3.05, 3.63) is 55.3 Å². The van der Waals surface area contributed by atoms with Crippen LogP contribution in [0.5, 0.6) is 0 Å². The molecule has 3 heteroatoms. The van der Waals surface area contributed by atoms with Crippen molar-refractivity contribution in [2.24, 2.45) is 0 Å². The molecule has 14 heavy (non-hydrogen) atoms. The van der Waals surface area contributed by atoms with E-state index in [1.807, 2.05) is 30.3 Å². The lowest BCUT2D eigenvalue weighted by atomic mass is 10.4. The molecule has 0 aromatic heterocycles. The highest BCUT2D eigenvalue weighted by atomic mass is 32.2. The van der Waals surface area contributed by atoms with Crippen LogP contribution in [0.4, 0.5) is 4.79 Å². The summed E-state index contributed by atoms with van der Waals surface area (Å²) >= 11 is 1.16. The number of nitrogens with one attached hydrogen (secondary N) is 1. The van der Waals surface area contributed by atoms with E-state index in [-0.39, 0.29) is 5.24 Å². The van der Waals surface area contributed by atoms with E-state index in [9.17, 15) is 4.79 Å². The summed E-state index contributed by atoms with van der Waals surface area (Å²) in [6, 6.07) is 9.49. The predicted octanol–water partition coefficient (Wildman–Crippen LogP) is 3.19. The molecule has 72 valence electrons. The summed E-state index contributed by atoms with van der Waals surface area (Å²) in [5.74, 6) is 0. The fraction of sp³-hybridized carbons (Fsp3) is 0. The summed E-state index contributed by atoms with van der Waals surface area (Å²) in [5.41, 5.74) is 0. The normalized spacial score (nSPS) is 10.0. The molecule has 0 bridgehead atoms. The van der Waals surface area contributed by atoms with Crippen LogP contribution in [0.1, 0.15) is 0 Å². The maximum atomic E-state index is 11.3. The van der Waals surface area contributed by atoms with E-state index in [4.69, 9.17) is 0 Å². The number of carbonyl (C=O) groups is 1. The van der Waals surface area contributed by atoms with Crippen LogP contribution in [0.25, 0.3) is 0 Å². The lowest BCUT2D eigenvalue weighted by molar-refractivity contribution is 0.263. The SMILES string of the molecule is C=C/C=C\NC(=O)Sc1ccccc1. The Morgan fingerprint density at radius 3 is 2.71 bits per heavy atom. The second-order valence-corrected chi connectivity index (χ2v) is 3.49. The molecule has 1 aromatic carbocycles. The first-order chi connectivity index (χ1) is 6.83. The molecule has 0 saturated heterocycles. The average molecular weight is 205 g/mol. The molecule has 0 saturated carbocycles. The molecule has 0 aliphatic rings. The quantitative estimate of drug-likeness (QED) is 0.606. The zero-order chi connectivity index (χ0) is 10.2. The molecule has 0 aliphatic carbocycles. The summed E-state index contributed by atoms with van der Waals surface area (Å²) in [6.45, 7) is 3.50. The lowest BCUT2D eigenvalue weighted by Crippen LogP contribution is -2.09. The van der Waals surface area contributed by atoms with Crippen molar-refractivity contribution in [3.8, 4) is 0 Å². The Labute approximate surface area is 87.7 Å². The zero-order valence-corrected chi connectivity index (χ0v) is 8.46. The van der Waals surface area contributed by atoms with Gasteiger partial charge in [-0.1, -0.05) is 30.9 Å². The Kier molecular flexibility index (Phi) is 4.58. The van der Waals surface area contributed by atoms with Gasteiger partial charge in [0.1, 0.15) is 0 Å². The third-order valence-electron chi connectivity index (χ3n) is 1.39. The zero-order valence-electron chi connectivity index (χ0n) is 7.64. The highest BCUT2D eigenvalue weighted by molar-refractivity contribution is 8.13. The van der Waals surface area contributed by atoms with E-state index in [2.05, 4.69) is 11.9 Å². The van der Waals surface area contributed by atoms with E-state index >= 15 is 0 Å². The molecule has 2 nitrogen and oxygen atoms in total. The van der Waals surface area contributed by atoms with Crippen molar-refractivity contribution < 1.29 is 4.79 Å². The predicted molar refractivity (Wildman–Crippen MR) is 60.2 cm³/mol. The maximum absolute atomic E-state index is 11.3. The lowest BCUT2D eigenvalue weighted by Gasteiger charge is -1.98. The summed E-state index contributed by atoms with van der Waals surface area (Å²) in [6.07, 6.45) is 4.84. The van der Waals surface area contributed by atoms with Crippen molar-refractivity contribution in [1.82, 2.24) is 5.32 Å². The van der Waals surface area contributed by atoms with E-state index in [1.165, 1.54) is 0 Å². The van der Waals surface area contributed by atoms with Gasteiger partial charge < -0.3 is 5.32 Å². The van der Waals surface area contributed by atoms with Crippen LogP contribution in [0, 0.1) is 0 Å². The number of allylic oxidation sites excluding steroid dienone is 2. The van der Waals surface area contributed by atoms with Gasteiger partial charge >= 0.3 is 0 Å². The molecule has 1 rings (SSSR count). The van der Waals surface area contributed by atoms with Gasteiger partial charge in [0.2, 0.25) is 0 Å². The molecule has 1 aromatic rings. The number of carbonyl (C=O) groups excluding carboxylic acids is 1. The minimum atomic E-state index is -0.102. The highest BCUT2D eigenvalue weighted by Gasteiger charge is 1.99. The van der Waals surface area contributed by atoms with E-state index < -0.39 is 0 Å². The van der Waals surface area contributed by atoms with Gasteiger partial charge in [-0.15, -0.1) is 0 Å². The molecular formula is C11H11NOS. The van der Waals surface area contributed by atoms with Crippen molar-refractivity contribution in [3.63, 3.8) is 0 Å². The topological polar surface area (TPSA) is 29.1 Å². The van der Waals surface area contributed by atoms with Crippen molar-refractivity contribution in [2.45, 2.75) is 4.90 Å². The Morgan fingerprint density at radius 1 is 1.36 bits per heavy atom. The van der Waals surface area contributed by atoms with Crippen LogP contribution in [0.15, 0.2) is 60.2 Å². The van der Waals surface area contributed by atoms with Gasteiger partial charge in [-0.25, -0.2) is 0 Å². The van der Waals surface area contributed by atoms with Gasteiger partial charge in [0.05, 0.1) is 0 Å². The summed E-state index contributed by atoms with van der Waals surface area (Å²) in [4.78, 5) is 12.2. The van der Waals surface area contributed by atoms with Gasteiger partial charge in [-0.05, 0) is 30.0 Å². The summed E-state index contributed by atoms with van der Waals surface area (Å²) in [5, 5.41) is 2.50. The fourth-order valence-corrected chi connectivity index (χ4v) is 1.44. The Hall–Kier alpha value is -1.48. The Balaban J connectivity index is 2.42. The summed E-state index contributed by atoms with van der Waals surface area (Å²) < 4.78 is 0. The van der Waals surface area contributed by atoms with Gasteiger partial charge in [0, 0.05) is 11.1 Å². The first kappa shape index (κ1) is 10.6. The van der Waals surface area contributed by atoms with Gasteiger partial charge in [-0.3, -0.25) is 4.79 Å². The van der Waals surface area contributed by atoms with Crippen molar-refractivity contribution >= 4 is 17.0 Å². The molecule has 0 spiro atoms. The largest absolute Gasteiger partial charge is 0.323 e. The molecular weight excluding hydrogens is 194 g/mol. The van der Waals surface area contributed by atoms with Crippen molar-refractivity contribution in [1.29, 1.82) is 0 Å². The third kappa shape index (κ3) is 3.96. The number of thioether (sulfide) groups is 1. The van der Waals surface area contributed by atoms with Crippen molar-refractivity contribution in [2.75, 3.05) is 0 Å². The summed E-state index contributed by atoms with van der Waals surface area (Å²) in [7, 11) is 0. The molecule has 1 amide bonds. The van der Waals surface area contributed by atoms with E-state index in [0.717, 1.165) is 16.7 Å². The average Bonchev–Trinajstić information content (AvgIpc) is 2.20. The molecule has 0 unspecified atom stereocenters. The Bertz CT molecular complexity index is 332. The van der Waals surface area contributed by atoms with Gasteiger partial charge in [0.15, 0.2) is 0 Å². The third-order valence-corrected chi connectivity index (χ3v) is 2.20. The number of hydrogen-bond acceptors (Lipinski definition) is 2. The minimum absolute atomic E-state index is 0.102. The Morgan fingerprint density at radius 2 is 2.07 bits per heavy atom. The molecule has 0 aliphatic heterocycles. The molecule has 0 radical (unpaired) electrons. The van der Waals surface area contributed by atoms with Crippen LogP contribution >= 0.6 is 11.8 Å². The van der Waals surface area contributed by atoms with Gasteiger partial charge in [0.25, 0.3) is 5.24 Å². The highest BCUT2D eigenvalue weighted by Crippen LogP contribution is 2.17. The number of hydrogen-bond donors (Lipinski definition) is 1. The fourth-order valence-electron chi connectivity index (χ4n) is 0.809. The van der Waals surface area contributed by atoms with Crippen LogP contribution in [-0.4, -0.2) is 5.24 Å². The molecule has 0 heterocycles. The number of amides is 1. The smallest absolute Gasteiger partial charge is 0.287 e. The van der Waals surface area contributed by atoms with Gasteiger partial charge in [-0.2, -0.15) is 0 Å². The molecule has 0 fully saturated rings. The monoisotopic (exact) mass is 205 g/mol. The maximum Gasteiger partial charge on any atom is 0.287 e. The molecule has 0 atom stereocenters. The van der Waals surface area contributed by atoms with E-state index in [1.54, 1.807) is 18.4 Å². The first-order valence-electron chi connectivity index (χ1n) is 4.14. The van der Waals surface area contributed by atoms with Crippen LogP contribution in [-0.2, 0) is 0 Å². The number of benzene rings is 1. The van der Waals surface area contributed by atoms with Crippen LogP contribution in [0.2, 0.25) is 0 Å². The second kappa shape index (κ2) is 6.05.